The molecule has 0 aromatic heterocycles. The number of hydrogen-bond acceptors (Lipinski definition) is 2. The van der Waals surface area contributed by atoms with Gasteiger partial charge in [0.1, 0.15) is 0 Å². The molecule has 1 atom stereocenters. The van der Waals surface area contributed by atoms with E-state index >= 15 is 0 Å². The van der Waals surface area contributed by atoms with Gasteiger partial charge in [-0.2, -0.15) is 11.8 Å². The maximum atomic E-state index is 6.08. The summed E-state index contributed by atoms with van der Waals surface area (Å²) in [6.07, 6.45) is 0. The van der Waals surface area contributed by atoms with Crippen LogP contribution >= 0.6 is 11.8 Å². The zero-order valence-electron chi connectivity index (χ0n) is 8.13. The molecule has 1 unspecified atom stereocenters. The van der Waals surface area contributed by atoms with Crippen LogP contribution in [0, 0.1) is 13.8 Å². The molecule has 1 aromatic carbocycles. The zero-order chi connectivity index (χ0) is 9.42. The van der Waals surface area contributed by atoms with Gasteiger partial charge in [0.15, 0.2) is 0 Å². The minimum absolute atomic E-state index is 0.245. The lowest BCUT2D eigenvalue weighted by atomic mass is 9.95. The molecule has 1 heterocycles. The lowest BCUT2D eigenvalue weighted by Crippen LogP contribution is -2.20. The molecule has 0 amide bonds. The Labute approximate surface area is 83.7 Å². The van der Waals surface area contributed by atoms with E-state index in [4.69, 9.17) is 5.73 Å². The smallest absolute Gasteiger partial charge is 0.0392 e. The standard InChI is InChI=1S/C11H15NS/c1-7-3-8(2)11-9(4-7)5-13-6-10(11)12/h3-4,10H,5-6,12H2,1-2H3. The maximum Gasteiger partial charge on any atom is 0.0392 e. The molecule has 13 heavy (non-hydrogen) atoms. The van der Waals surface area contributed by atoms with Crippen molar-refractivity contribution in [2.75, 3.05) is 5.75 Å². The number of rotatable bonds is 0. The highest BCUT2D eigenvalue weighted by molar-refractivity contribution is 7.98. The van der Waals surface area contributed by atoms with E-state index in [1.807, 2.05) is 11.8 Å². The first-order chi connectivity index (χ1) is 6.18. The molecule has 1 aromatic rings. The second-order valence-corrected chi connectivity index (χ2v) is 4.81. The molecule has 70 valence electrons. The lowest BCUT2D eigenvalue weighted by Gasteiger charge is -2.24. The van der Waals surface area contributed by atoms with E-state index in [2.05, 4.69) is 26.0 Å². The van der Waals surface area contributed by atoms with Gasteiger partial charge in [-0.15, -0.1) is 0 Å². The molecule has 0 radical (unpaired) electrons. The van der Waals surface area contributed by atoms with Gasteiger partial charge >= 0.3 is 0 Å². The molecule has 2 rings (SSSR count). The van der Waals surface area contributed by atoms with Crippen LogP contribution in [0.1, 0.15) is 28.3 Å². The van der Waals surface area contributed by atoms with E-state index in [0.29, 0.717) is 0 Å². The Morgan fingerprint density at radius 2 is 2.15 bits per heavy atom. The lowest BCUT2D eigenvalue weighted by molar-refractivity contribution is 0.800. The van der Waals surface area contributed by atoms with Crippen molar-refractivity contribution in [3.05, 3.63) is 34.4 Å². The summed E-state index contributed by atoms with van der Waals surface area (Å²) >= 11 is 1.94. The van der Waals surface area contributed by atoms with Crippen molar-refractivity contribution in [2.24, 2.45) is 5.73 Å². The quantitative estimate of drug-likeness (QED) is 0.685. The number of hydrogen-bond donors (Lipinski definition) is 1. The van der Waals surface area contributed by atoms with Crippen LogP contribution in [-0.2, 0) is 5.75 Å². The summed E-state index contributed by atoms with van der Waals surface area (Å²) in [5.74, 6) is 2.20. The second kappa shape index (κ2) is 3.35. The van der Waals surface area contributed by atoms with Crippen LogP contribution in [-0.4, -0.2) is 5.75 Å². The third kappa shape index (κ3) is 1.61. The summed E-state index contributed by atoms with van der Waals surface area (Å²) in [5, 5.41) is 0. The molecular weight excluding hydrogens is 178 g/mol. The Morgan fingerprint density at radius 1 is 1.38 bits per heavy atom. The fraction of sp³-hybridized carbons (Fsp3) is 0.455. The van der Waals surface area contributed by atoms with Crippen LogP contribution in [0.25, 0.3) is 0 Å². The Bertz CT molecular complexity index is 333. The third-order valence-electron chi connectivity index (χ3n) is 2.54. The van der Waals surface area contributed by atoms with Crippen LogP contribution in [0.2, 0.25) is 0 Å². The predicted octanol–water partition coefficient (Wildman–Crippen LogP) is 2.55. The SMILES string of the molecule is Cc1cc(C)c2c(c1)CSCC2N. The van der Waals surface area contributed by atoms with Gasteiger partial charge in [-0.1, -0.05) is 17.7 Å². The Kier molecular flexibility index (Phi) is 2.35. The molecule has 0 aliphatic carbocycles. The van der Waals surface area contributed by atoms with Crippen LogP contribution in [0.4, 0.5) is 0 Å². The number of benzene rings is 1. The molecule has 0 saturated heterocycles. The van der Waals surface area contributed by atoms with E-state index < -0.39 is 0 Å². The molecule has 2 heteroatoms. The molecule has 0 spiro atoms. The van der Waals surface area contributed by atoms with Crippen molar-refractivity contribution in [3.63, 3.8) is 0 Å². The number of nitrogens with two attached hydrogens (primary N) is 1. The van der Waals surface area contributed by atoms with Crippen molar-refractivity contribution in [1.82, 2.24) is 0 Å². The number of fused-ring (bicyclic) bond motifs is 1. The van der Waals surface area contributed by atoms with Gasteiger partial charge in [0.05, 0.1) is 0 Å². The average Bonchev–Trinajstić information content (AvgIpc) is 2.02. The highest BCUT2D eigenvalue weighted by Crippen LogP contribution is 2.33. The summed E-state index contributed by atoms with van der Waals surface area (Å²) < 4.78 is 0. The Hall–Kier alpha value is -0.470. The number of thioether (sulfide) groups is 1. The van der Waals surface area contributed by atoms with E-state index in [-0.39, 0.29) is 6.04 Å². The zero-order valence-corrected chi connectivity index (χ0v) is 8.95. The number of aryl methyl sites for hydroxylation is 2. The van der Waals surface area contributed by atoms with E-state index in [1.54, 1.807) is 0 Å². The molecule has 2 N–H and O–H groups in total. The molecule has 1 nitrogen and oxygen atoms in total. The van der Waals surface area contributed by atoms with Gasteiger partial charge in [-0.05, 0) is 30.5 Å². The Balaban J connectivity index is 2.56. The van der Waals surface area contributed by atoms with Gasteiger partial charge in [-0.3, -0.25) is 0 Å². The highest BCUT2D eigenvalue weighted by Gasteiger charge is 2.18. The van der Waals surface area contributed by atoms with Gasteiger partial charge < -0.3 is 5.73 Å². The van der Waals surface area contributed by atoms with E-state index in [9.17, 15) is 0 Å². The Morgan fingerprint density at radius 3 is 2.92 bits per heavy atom. The first-order valence-corrected chi connectivity index (χ1v) is 5.77. The first-order valence-electron chi connectivity index (χ1n) is 4.62. The van der Waals surface area contributed by atoms with Gasteiger partial charge in [0, 0.05) is 17.5 Å². The molecule has 1 aliphatic rings. The first kappa shape index (κ1) is 9.10. The second-order valence-electron chi connectivity index (χ2n) is 3.78. The molecular formula is C11H15NS. The minimum Gasteiger partial charge on any atom is -0.323 e. The summed E-state index contributed by atoms with van der Waals surface area (Å²) in [7, 11) is 0. The maximum absolute atomic E-state index is 6.08. The fourth-order valence-electron chi connectivity index (χ4n) is 2.10. The van der Waals surface area contributed by atoms with Crippen molar-refractivity contribution in [3.8, 4) is 0 Å². The summed E-state index contributed by atoms with van der Waals surface area (Å²) in [4.78, 5) is 0. The minimum atomic E-state index is 0.245. The van der Waals surface area contributed by atoms with Crippen molar-refractivity contribution in [2.45, 2.75) is 25.6 Å². The van der Waals surface area contributed by atoms with Gasteiger partial charge in [-0.25, -0.2) is 0 Å². The summed E-state index contributed by atoms with van der Waals surface area (Å²) in [6, 6.07) is 4.75. The largest absolute Gasteiger partial charge is 0.323 e. The molecule has 0 saturated carbocycles. The fourth-order valence-corrected chi connectivity index (χ4v) is 3.09. The molecule has 0 bridgehead atoms. The summed E-state index contributed by atoms with van der Waals surface area (Å²) in [6.45, 7) is 4.32. The summed E-state index contributed by atoms with van der Waals surface area (Å²) in [5.41, 5.74) is 11.6. The van der Waals surface area contributed by atoms with Crippen molar-refractivity contribution in [1.29, 1.82) is 0 Å². The van der Waals surface area contributed by atoms with Crippen LogP contribution in [0.3, 0.4) is 0 Å². The average molecular weight is 193 g/mol. The van der Waals surface area contributed by atoms with E-state index in [0.717, 1.165) is 11.5 Å². The van der Waals surface area contributed by atoms with Crippen molar-refractivity contribution < 1.29 is 0 Å². The molecule has 0 fully saturated rings. The van der Waals surface area contributed by atoms with Crippen LogP contribution in [0.5, 0.6) is 0 Å². The van der Waals surface area contributed by atoms with Crippen LogP contribution < -0.4 is 5.73 Å². The predicted molar refractivity (Wildman–Crippen MR) is 59.0 cm³/mol. The normalized spacial score (nSPS) is 21.3. The topological polar surface area (TPSA) is 26.0 Å². The van der Waals surface area contributed by atoms with Crippen LogP contribution in [0.15, 0.2) is 12.1 Å². The van der Waals surface area contributed by atoms with Crippen molar-refractivity contribution >= 4 is 11.8 Å². The third-order valence-corrected chi connectivity index (χ3v) is 3.65. The highest BCUT2D eigenvalue weighted by atomic mass is 32.2. The van der Waals surface area contributed by atoms with E-state index in [1.165, 1.54) is 22.3 Å². The van der Waals surface area contributed by atoms with Gasteiger partial charge in [0.2, 0.25) is 0 Å². The monoisotopic (exact) mass is 193 g/mol. The van der Waals surface area contributed by atoms with Gasteiger partial charge in [0.25, 0.3) is 0 Å². The molecule has 1 aliphatic heterocycles.